The van der Waals surface area contributed by atoms with Crippen LogP contribution in [0.4, 0.5) is 10.5 Å². The number of nitrogens with zero attached hydrogens (tertiary/aromatic N) is 3. The Morgan fingerprint density at radius 1 is 1.12 bits per heavy atom. The summed E-state index contributed by atoms with van der Waals surface area (Å²) in [7, 11) is 0. The number of fused-ring (bicyclic) bond motifs is 1. The first-order valence-electron chi connectivity index (χ1n) is 11.0. The van der Waals surface area contributed by atoms with Crippen LogP contribution in [0.5, 0.6) is 0 Å². The van der Waals surface area contributed by atoms with Gasteiger partial charge in [-0.3, -0.25) is 0 Å². The van der Waals surface area contributed by atoms with E-state index in [4.69, 9.17) is 4.74 Å². The maximum Gasteiger partial charge on any atom is 0.410 e. The van der Waals surface area contributed by atoms with E-state index in [1.54, 1.807) is 4.90 Å². The molecule has 0 unspecified atom stereocenters. The van der Waals surface area contributed by atoms with E-state index in [2.05, 4.69) is 74.7 Å². The quantitative estimate of drug-likeness (QED) is 0.327. The largest absolute Gasteiger partial charge is 0.444 e. The molecule has 3 aromatic rings. The third-order valence-corrected chi connectivity index (χ3v) is 5.47. The number of halogens is 1. The zero-order chi connectivity index (χ0) is 23.3. The second-order valence-electron chi connectivity index (χ2n) is 8.79. The van der Waals surface area contributed by atoms with Crippen LogP contribution in [0.25, 0.3) is 22.2 Å². The van der Waals surface area contributed by atoms with Crippen molar-refractivity contribution in [1.29, 1.82) is 0 Å². The van der Waals surface area contributed by atoms with Gasteiger partial charge in [-0.1, -0.05) is 41.6 Å². The van der Waals surface area contributed by atoms with Crippen molar-refractivity contribution in [2.75, 3.05) is 36.0 Å². The first kappa shape index (κ1) is 24.4. The van der Waals surface area contributed by atoms with Gasteiger partial charge in [-0.05, 0) is 61.4 Å². The smallest absolute Gasteiger partial charge is 0.410 e. The number of benzene rings is 1. The highest BCUT2D eigenvalue weighted by Gasteiger charge is 2.26. The number of aryl methyl sites for hydroxylation is 1. The van der Waals surface area contributed by atoms with Gasteiger partial charge in [0.15, 0.2) is 0 Å². The van der Waals surface area contributed by atoms with Crippen LogP contribution >= 0.6 is 22.6 Å². The lowest BCUT2D eigenvalue weighted by molar-refractivity contribution is 0.0240. The van der Waals surface area contributed by atoms with E-state index in [9.17, 15) is 4.79 Å². The number of H-pyrrole nitrogens is 1. The van der Waals surface area contributed by atoms with Crippen LogP contribution in [0.3, 0.4) is 0 Å². The van der Waals surface area contributed by atoms with Gasteiger partial charge in [-0.25, -0.2) is 9.78 Å². The Hall–Kier alpha value is -2.29. The standard InChI is InChI=1S/C24H30N4O2.CH3I/c1-5-17-15-25-22-21(17)14-19(16-26-22)18-7-6-8-20(13-18)27-9-11-28(12-10-27)23(29)30-24(2,3)4;1-2/h6-8,13-16H,5,9-12H2,1-4H3,(H,25,26);1H3. The molecule has 0 saturated carbocycles. The van der Waals surface area contributed by atoms with Crippen LogP contribution in [0, 0.1) is 0 Å². The van der Waals surface area contributed by atoms with Crippen molar-refractivity contribution in [2.24, 2.45) is 0 Å². The van der Waals surface area contributed by atoms with Crippen LogP contribution in [0.1, 0.15) is 33.3 Å². The number of alkyl halides is 1. The topological polar surface area (TPSA) is 61.5 Å². The minimum atomic E-state index is -0.463. The maximum absolute atomic E-state index is 12.3. The average Bonchev–Trinajstić information content (AvgIpc) is 3.22. The van der Waals surface area contributed by atoms with Crippen LogP contribution in [-0.2, 0) is 11.2 Å². The van der Waals surface area contributed by atoms with Crippen LogP contribution in [0.2, 0.25) is 0 Å². The monoisotopic (exact) mass is 548 g/mol. The molecule has 1 aliphatic rings. The predicted octanol–water partition coefficient (Wildman–Crippen LogP) is 5.90. The van der Waals surface area contributed by atoms with E-state index < -0.39 is 5.60 Å². The van der Waals surface area contributed by atoms with Gasteiger partial charge in [0.2, 0.25) is 0 Å². The number of amides is 1. The van der Waals surface area contributed by atoms with E-state index in [0.29, 0.717) is 13.1 Å². The van der Waals surface area contributed by atoms with Crippen LogP contribution < -0.4 is 4.90 Å². The average molecular weight is 548 g/mol. The maximum atomic E-state index is 12.3. The number of piperazine rings is 1. The fourth-order valence-electron chi connectivity index (χ4n) is 3.86. The number of rotatable bonds is 3. The Kier molecular flexibility index (Phi) is 8.03. The molecule has 4 rings (SSSR count). The zero-order valence-electron chi connectivity index (χ0n) is 19.6. The number of aromatic amines is 1. The third kappa shape index (κ3) is 5.74. The summed E-state index contributed by atoms with van der Waals surface area (Å²) in [6, 6.07) is 10.8. The van der Waals surface area contributed by atoms with Gasteiger partial charge in [0.1, 0.15) is 11.2 Å². The zero-order valence-corrected chi connectivity index (χ0v) is 21.8. The molecule has 1 fully saturated rings. The van der Waals surface area contributed by atoms with Gasteiger partial charge in [-0.2, -0.15) is 0 Å². The van der Waals surface area contributed by atoms with Gasteiger partial charge >= 0.3 is 6.09 Å². The van der Waals surface area contributed by atoms with Crippen molar-refractivity contribution in [3.8, 4) is 11.1 Å². The summed E-state index contributed by atoms with van der Waals surface area (Å²) in [5, 5.41) is 1.19. The second kappa shape index (κ2) is 10.6. The molecule has 1 aromatic carbocycles. The fraction of sp³-hybridized carbons (Fsp3) is 0.440. The summed E-state index contributed by atoms with van der Waals surface area (Å²) >= 11 is 2.15. The van der Waals surface area contributed by atoms with Gasteiger partial charge in [-0.15, -0.1) is 0 Å². The molecule has 1 saturated heterocycles. The van der Waals surface area contributed by atoms with Crippen LogP contribution in [-0.4, -0.2) is 57.7 Å². The third-order valence-electron chi connectivity index (χ3n) is 5.47. The Labute approximate surface area is 204 Å². The van der Waals surface area contributed by atoms with Gasteiger partial charge in [0.25, 0.3) is 0 Å². The normalized spacial score (nSPS) is 14.2. The lowest BCUT2D eigenvalue weighted by Gasteiger charge is -2.36. The molecule has 1 aliphatic heterocycles. The van der Waals surface area contributed by atoms with Crippen molar-refractivity contribution in [1.82, 2.24) is 14.9 Å². The molecule has 1 N–H and O–H groups in total. The van der Waals surface area contributed by atoms with Crippen molar-refractivity contribution < 1.29 is 9.53 Å². The second-order valence-corrected chi connectivity index (χ2v) is 8.79. The summed E-state index contributed by atoms with van der Waals surface area (Å²) < 4.78 is 5.50. The number of carbonyl (C=O) groups is 1. The Bertz CT molecular complexity index is 1050. The number of ether oxygens (including phenoxy) is 1. The van der Waals surface area contributed by atoms with E-state index in [1.165, 1.54) is 16.6 Å². The minimum absolute atomic E-state index is 0.228. The molecule has 0 spiro atoms. The molecular weight excluding hydrogens is 515 g/mol. The summed E-state index contributed by atoms with van der Waals surface area (Å²) in [6.45, 7) is 10.8. The lowest BCUT2D eigenvalue weighted by Crippen LogP contribution is -2.50. The highest BCUT2D eigenvalue weighted by atomic mass is 127. The minimum Gasteiger partial charge on any atom is -0.444 e. The van der Waals surface area contributed by atoms with Gasteiger partial charge < -0.3 is 19.5 Å². The Balaban J connectivity index is 0.00000141. The molecule has 6 nitrogen and oxygen atoms in total. The van der Waals surface area contributed by atoms with E-state index in [1.807, 2.05) is 38.1 Å². The molecule has 32 heavy (non-hydrogen) atoms. The first-order valence-corrected chi connectivity index (χ1v) is 13.2. The predicted molar refractivity (Wildman–Crippen MR) is 141 cm³/mol. The van der Waals surface area contributed by atoms with Gasteiger partial charge in [0, 0.05) is 55.2 Å². The number of hydrogen-bond acceptors (Lipinski definition) is 4. The molecule has 172 valence electrons. The SMILES string of the molecule is CCc1c[nH]c2ncc(-c3cccc(N4CCN(C(=O)OC(C)(C)C)CC4)c3)cc12.CI. The number of nitrogens with one attached hydrogen (secondary N) is 1. The Morgan fingerprint density at radius 3 is 2.50 bits per heavy atom. The van der Waals surface area contributed by atoms with Gasteiger partial charge in [0.05, 0.1) is 0 Å². The summed E-state index contributed by atoms with van der Waals surface area (Å²) in [5.74, 6) is 0. The lowest BCUT2D eigenvalue weighted by atomic mass is 10.0. The summed E-state index contributed by atoms with van der Waals surface area (Å²) in [6.07, 6.45) is 4.72. The summed E-state index contributed by atoms with van der Waals surface area (Å²) in [4.78, 5) is 26.2. The van der Waals surface area contributed by atoms with Crippen molar-refractivity contribution in [3.05, 3.63) is 48.3 Å². The fourth-order valence-corrected chi connectivity index (χ4v) is 3.86. The number of pyridine rings is 1. The molecule has 7 heteroatoms. The molecule has 0 radical (unpaired) electrons. The van der Waals surface area contributed by atoms with Crippen molar-refractivity contribution >= 4 is 45.4 Å². The number of hydrogen-bond donors (Lipinski definition) is 1. The molecule has 1 amide bonds. The van der Waals surface area contributed by atoms with E-state index in [-0.39, 0.29) is 6.09 Å². The number of anilines is 1. The van der Waals surface area contributed by atoms with E-state index in [0.717, 1.165) is 36.3 Å². The van der Waals surface area contributed by atoms with Crippen molar-refractivity contribution in [2.45, 2.75) is 39.7 Å². The number of carbonyl (C=O) groups excluding carboxylic acids is 1. The first-order chi connectivity index (χ1) is 15.3. The van der Waals surface area contributed by atoms with Crippen molar-refractivity contribution in [3.63, 3.8) is 0 Å². The molecule has 0 atom stereocenters. The summed E-state index contributed by atoms with van der Waals surface area (Å²) in [5.41, 5.74) is 5.19. The van der Waals surface area contributed by atoms with Crippen LogP contribution in [0.15, 0.2) is 42.7 Å². The molecule has 0 aliphatic carbocycles. The Morgan fingerprint density at radius 2 is 1.84 bits per heavy atom. The molecular formula is C25H33IN4O2. The molecule has 3 heterocycles. The number of aromatic nitrogens is 2. The molecule has 2 aromatic heterocycles. The highest BCUT2D eigenvalue weighted by Crippen LogP contribution is 2.28. The van der Waals surface area contributed by atoms with E-state index >= 15 is 0 Å². The highest BCUT2D eigenvalue weighted by molar-refractivity contribution is 14.1. The molecule has 0 bridgehead atoms.